The zero-order valence-corrected chi connectivity index (χ0v) is 21.4. The molecule has 2 N–H and O–H groups in total. The van der Waals surface area contributed by atoms with E-state index < -0.39 is 0 Å². The van der Waals surface area contributed by atoms with Gasteiger partial charge >= 0.3 is 0 Å². The van der Waals surface area contributed by atoms with Gasteiger partial charge in [-0.1, -0.05) is 36.0 Å². The number of fused-ring (bicyclic) bond motifs is 2. The molecule has 1 aliphatic heterocycles. The van der Waals surface area contributed by atoms with Crippen molar-refractivity contribution in [1.82, 2.24) is 19.9 Å². The number of ether oxygens (including phenoxy) is 1. The van der Waals surface area contributed by atoms with Crippen LogP contribution < -0.4 is 5.32 Å². The second kappa shape index (κ2) is 10.3. The summed E-state index contributed by atoms with van der Waals surface area (Å²) in [5.74, 6) is 1.12. The van der Waals surface area contributed by atoms with Gasteiger partial charge in [0, 0.05) is 18.8 Å². The molecule has 0 unspecified atom stereocenters. The Labute approximate surface area is 221 Å². The minimum Gasteiger partial charge on any atom is -0.378 e. The highest BCUT2D eigenvalue weighted by Gasteiger charge is 2.23. The van der Waals surface area contributed by atoms with E-state index in [9.17, 15) is 9.59 Å². The fourth-order valence-corrected chi connectivity index (χ4v) is 6.23. The number of morpholine rings is 1. The first-order valence-corrected chi connectivity index (χ1v) is 13.7. The summed E-state index contributed by atoms with van der Waals surface area (Å²) in [5, 5.41) is 2.95. The maximum Gasteiger partial charge on any atom is 0.256 e. The van der Waals surface area contributed by atoms with Crippen LogP contribution in [0.1, 0.15) is 26.5 Å². The number of benzene rings is 3. The van der Waals surface area contributed by atoms with Crippen molar-refractivity contribution in [2.75, 3.05) is 31.6 Å². The Morgan fingerprint density at radius 2 is 1.76 bits per heavy atom. The number of nitrogens with zero attached hydrogens (tertiary/aromatic N) is 3. The molecule has 0 aliphatic carbocycles. The lowest BCUT2D eigenvalue weighted by molar-refractivity contribution is 0.0302. The average Bonchev–Trinajstić information content (AvgIpc) is 3.55. The lowest BCUT2D eigenvalue weighted by atomic mass is 10.0. The first kappa shape index (κ1) is 23.7. The second-order valence-corrected chi connectivity index (χ2v) is 10.8. The molecular weight excluding hydrogens is 506 g/mol. The van der Waals surface area contributed by atoms with E-state index >= 15 is 0 Å². The topological polar surface area (TPSA) is 100 Å². The van der Waals surface area contributed by atoms with Crippen LogP contribution in [0.25, 0.3) is 21.3 Å². The van der Waals surface area contributed by atoms with E-state index in [1.165, 1.54) is 0 Å². The number of imidazole rings is 1. The number of H-pyrrole nitrogens is 1. The normalized spacial score (nSPS) is 13.8. The molecule has 10 heteroatoms. The van der Waals surface area contributed by atoms with Gasteiger partial charge in [-0.2, -0.15) is 0 Å². The molecule has 1 fully saturated rings. The van der Waals surface area contributed by atoms with Gasteiger partial charge in [0.1, 0.15) is 5.82 Å². The number of thioether (sulfide) groups is 1. The molecule has 3 heterocycles. The largest absolute Gasteiger partial charge is 0.378 e. The van der Waals surface area contributed by atoms with Gasteiger partial charge in [-0.05, 0) is 42.5 Å². The molecule has 0 bridgehead atoms. The number of carbonyl (C=O) groups excluding carboxylic acids is 2. The number of aromatic amines is 1. The van der Waals surface area contributed by atoms with Crippen LogP contribution in [0.15, 0.2) is 71.1 Å². The smallest absolute Gasteiger partial charge is 0.256 e. The monoisotopic (exact) mass is 529 g/mol. The molecule has 1 saturated heterocycles. The van der Waals surface area contributed by atoms with Crippen LogP contribution in [-0.2, 0) is 10.5 Å². The van der Waals surface area contributed by atoms with Crippen LogP contribution >= 0.6 is 23.1 Å². The van der Waals surface area contributed by atoms with Crippen molar-refractivity contribution in [2.45, 2.75) is 10.1 Å². The highest BCUT2D eigenvalue weighted by Crippen LogP contribution is 2.33. The summed E-state index contributed by atoms with van der Waals surface area (Å²) < 4.78 is 7.25. The third-order valence-corrected chi connectivity index (χ3v) is 8.27. The Morgan fingerprint density at radius 3 is 2.59 bits per heavy atom. The lowest BCUT2D eigenvalue weighted by Crippen LogP contribution is -2.41. The number of carbonyl (C=O) groups is 2. The van der Waals surface area contributed by atoms with Gasteiger partial charge in [-0.15, -0.1) is 11.3 Å². The molecule has 37 heavy (non-hydrogen) atoms. The molecule has 0 radical (unpaired) electrons. The Kier molecular flexibility index (Phi) is 6.60. The van der Waals surface area contributed by atoms with Crippen molar-refractivity contribution in [3.8, 4) is 0 Å². The van der Waals surface area contributed by atoms with Crippen molar-refractivity contribution in [2.24, 2.45) is 0 Å². The Morgan fingerprint density at radius 1 is 0.973 bits per heavy atom. The minimum atomic E-state index is -0.319. The average molecular weight is 530 g/mol. The lowest BCUT2D eigenvalue weighted by Gasteiger charge is -2.27. The van der Waals surface area contributed by atoms with Crippen molar-refractivity contribution in [3.63, 3.8) is 0 Å². The van der Waals surface area contributed by atoms with E-state index in [1.807, 2.05) is 42.5 Å². The molecule has 186 valence electrons. The number of hydrogen-bond acceptors (Lipinski definition) is 7. The predicted molar refractivity (Wildman–Crippen MR) is 146 cm³/mol. The van der Waals surface area contributed by atoms with Gasteiger partial charge in [-0.3, -0.25) is 9.59 Å². The second-order valence-electron chi connectivity index (χ2n) is 8.56. The number of hydrogen-bond donors (Lipinski definition) is 2. The maximum atomic E-state index is 13.2. The molecule has 1 aliphatic rings. The Balaban J connectivity index is 1.16. The van der Waals surface area contributed by atoms with Gasteiger partial charge in [0.25, 0.3) is 11.8 Å². The van der Waals surface area contributed by atoms with Gasteiger partial charge in [0.15, 0.2) is 4.34 Å². The van der Waals surface area contributed by atoms with E-state index in [4.69, 9.17) is 9.72 Å². The Hall–Kier alpha value is -3.73. The number of para-hydroxylation sites is 2. The summed E-state index contributed by atoms with van der Waals surface area (Å²) in [5.41, 5.74) is 4.25. The first-order chi connectivity index (χ1) is 18.1. The van der Waals surface area contributed by atoms with Gasteiger partial charge in [0.05, 0.1) is 51.3 Å². The summed E-state index contributed by atoms with van der Waals surface area (Å²) in [4.78, 5) is 40.6. The number of rotatable bonds is 6. The SMILES string of the molecule is O=C(Nc1ccc2nc(SCc3nc4ccccc4[nH]3)sc2c1)c1ccccc1C(=O)N1CCOCC1. The number of amides is 2. The zero-order chi connectivity index (χ0) is 25.2. The first-order valence-electron chi connectivity index (χ1n) is 11.9. The molecule has 5 aromatic rings. The maximum absolute atomic E-state index is 13.2. The summed E-state index contributed by atoms with van der Waals surface area (Å²) in [6, 6.07) is 20.5. The Bertz CT molecular complexity index is 1570. The molecule has 8 nitrogen and oxygen atoms in total. The van der Waals surface area contributed by atoms with Crippen molar-refractivity contribution in [3.05, 3.63) is 83.7 Å². The van der Waals surface area contributed by atoms with E-state index in [0.717, 1.165) is 31.4 Å². The number of nitrogens with one attached hydrogen (secondary N) is 2. The van der Waals surface area contributed by atoms with Crippen LogP contribution in [0, 0.1) is 0 Å². The van der Waals surface area contributed by atoms with Gasteiger partial charge < -0.3 is 19.9 Å². The number of anilines is 1. The minimum absolute atomic E-state index is 0.155. The molecule has 2 aromatic heterocycles. The fourth-order valence-electron chi connectivity index (χ4n) is 4.25. The van der Waals surface area contributed by atoms with Crippen molar-refractivity contribution < 1.29 is 14.3 Å². The quantitative estimate of drug-likeness (QED) is 0.294. The highest BCUT2D eigenvalue weighted by molar-refractivity contribution is 8.00. The van der Waals surface area contributed by atoms with Gasteiger partial charge in [-0.25, -0.2) is 9.97 Å². The van der Waals surface area contributed by atoms with E-state index in [0.29, 0.717) is 48.9 Å². The fraction of sp³-hybridized carbons (Fsp3) is 0.185. The zero-order valence-electron chi connectivity index (χ0n) is 19.8. The summed E-state index contributed by atoms with van der Waals surface area (Å²) >= 11 is 3.20. The van der Waals surface area contributed by atoms with Crippen LogP contribution in [-0.4, -0.2) is 58.0 Å². The summed E-state index contributed by atoms with van der Waals surface area (Å²) in [6.45, 7) is 2.06. The molecule has 3 aromatic carbocycles. The molecular formula is C27H23N5O3S2. The number of aromatic nitrogens is 3. The van der Waals surface area contributed by atoms with Crippen LogP contribution in [0.4, 0.5) is 5.69 Å². The molecule has 0 atom stereocenters. The molecule has 0 spiro atoms. The van der Waals surface area contributed by atoms with Crippen molar-refractivity contribution >= 4 is 61.9 Å². The third kappa shape index (κ3) is 5.08. The van der Waals surface area contributed by atoms with Crippen LogP contribution in [0.5, 0.6) is 0 Å². The van der Waals surface area contributed by atoms with E-state index in [2.05, 4.69) is 15.3 Å². The summed E-state index contributed by atoms with van der Waals surface area (Å²) in [7, 11) is 0. The molecule has 2 amide bonds. The predicted octanol–water partition coefficient (Wildman–Crippen LogP) is 5.19. The number of thiazole rings is 1. The van der Waals surface area contributed by atoms with E-state index in [-0.39, 0.29) is 11.8 Å². The molecule has 0 saturated carbocycles. The highest BCUT2D eigenvalue weighted by atomic mass is 32.2. The third-order valence-electron chi connectivity index (χ3n) is 6.10. The van der Waals surface area contributed by atoms with E-state index in [1.54, 1.807) is 52.3 Å². The molecule has 6 rings (SSSR count). The summed E-state index contributed by atoms with van der Waals surface area (Å²) in [6.07, 6.45) is 0. The van der Waals surface area contributed by atoms with Crippen molar-refractivity contribution in [1.29, 1.82) is 0 Å². The van der Waals surface area contributed by atoms with Crippen LogP contribution in [0.3, 0.4) is 0 Å². The van der Waals surface area contributed by atoms with Gasteiger partial charge in [0.2, 0.25) is 0 Å². The standard InChI is InChI=1S/C27H23N5O3S2/c33-25(18-5-1-2-6-19(18)26(34)32-11-13-35-14-12-32)28-17-9-10-22-23(15-17)37-27(31-22)36-16-24-29-20-7-3-4-8-21(20)30-24/h1-10,15H,11-14,16H2,(H,28,33)(H,29,30). The van der Waals surface area contributed by atoms with Crippen LogP contribution in [0.2, 0.25) is 0 Å².